The smallest absolute Gasteiger partial charge is 0.255 e. The molecule has 42 heavy (non-hydrogen) atoms. The SMILES string of the molecule is COc1ccc(CC(C(CNC(=O)c2ccccc2O)NC(=O)C2CCCCCC2)S(=O)(=O)CC2CCCCC2)cc1. The minimum Gasteiger partial charge on any atom is -0.507 e. The third-order valence-corrected chi connectivity index (χ3v) is 11.2. The fourth-order valence-electron chi connectivity index (χ4n) is 6.40. The number of para-hydroxylation sites is 1. The quantitative estimate of drug-likeness (QED) is 0.289. The molecule has 0 aromatic heterocycles. The highest BCUT2D eigenvalue weighted by molar-refractivity contribution is 7.92. The Balaban J connectivity index is 1.64. The number of sulfone groups is 1. The highest BCUT2D eigenvalue weighted by Gasteiger charge is 2.38. The number of methoxy groups -OCH3 is 1. The number of rotatable bonds is 12. The predicted octanol–water partition coefficient (Wildman–Crippen LogP) is 5.19. The van der Waals surface area contributed by atoms with Gasteiger partial charge in [0, 0.05) is 12.5 Å². The molecular weight excluding hydrogens is 552 g/mol. The van der Waals surface area contributed by atoms with E-state index in [4.69, 9.17) is 4.74 Å². The molecule has 0 spiro atoms. The highest BCUT2D eigenvalue weighted by atomic mass is 32.2. The zero-order valence-corrected chi connectivity index (χ0v) is 25.5. The van der Waals surface area contributed by atoms with Crippen LogP contribution in [0.5, 0.6) is 11.5 Å². The van der Waals surface area contributed by atoms with Crippen molar-refractivity contribution in [3.05, 3.63) is 59.7 Å². The molecule has 2 unspecified atom stereocenters. The Morgan fingerprint density at radius 1 is 0.905 bits per heavy atom. The normalized spacial score (nSPS) is 18.4. The molecule has 2 amide bonds. The first-order chi connectivity index (χ1) is 20.3. The molecule has 0 heterocycles. The maximum atomic E-state index is 14.2. The molecule has 2 aromatic rings. The second kappa shape index (κ2) is 15.4. The second-order valence-corrected chi connectivity index (χ2v) is 14.2. The monoisotopic (exact) mass is 598 g/mol. The van der Waals surface area contributed by atoms with Gasteiger partial charge in [0.2, 0.25) is 5.91 Å². The van der Waals surface area contributed by atoms with Gasteiger partial charge in [0.05, 0.1) is 29.7 Å². The van der Waals surface area contributed by atoms with Gasteiger partial charge in [-0.15, -0.1) is 0 Å². The minimum atomic E-state index is -3.69. The predicted molar refractivity (Wildman–Crippen MR) is 164 cm³/mol. The van der Waals surface area contributed by atoms with E-state index in [1.54, 1.807) is 31.4 Å². The van der Waals surface area contributed by atoms with Gasteiger partial charge in [0.25, 0.3) is 5.91 Å². The molecular formula is C33H46N2O6S. The first kappa shape index (κ1) is 31.9. The topological polar surface area (TPSA) is 122 Å². The summed E-state index contributed by atoms with van der Waals surface area (Å²) in [5.74, 6) is -0.164. The van der Waals surface area contributed by atoms with Crippen molar-refractivity contribution in [3.63, 3.8) is 0 Å². The fraction of sp³-hybridized carbons (Fsp3) is 0.576. The zero-order valence-electron chi connectivity index (χ0n) is 24.7. The first-order valence-corrected chi connectivity index (χ1v) is 17.2. The molecule has 3 N–H and O–H groups in total. The van der Waals surface area contributed by atoms with Crippen LogP contribution in [-0.2, 0) is 21.1 Å². The Morgan fingerprint density at radius 3 is 2.17 bits per heavy atom. The van der Waals surface area contributed by atoms with Crippen LogP contribution in [0.1, 0.15) is 86.6 Å². The van der Waals surface area contributed by atoms with Crippen molar-refractivity contribution in [1.82, 2.24) is 10.6 Å². The number of amides is 2. The number of aromatic hydroxyl groups is 1. The van der Waals surface area contributed by atoms with Crippen molar-refractivity contribution in [2.45, 2.75) is 88.3 Å². The van der Waals surface area contributed by atoms with Gasteiger partial charge in [-0.05, 0) is 67.9 Å². The van der Waals surface area contributed by atoms with Crippen LogP contribution in [0, 0.1) is 11.8 Å². The molecule has 0 aliphatic heterocycles. The zero-order chi connectivity index (χ0) is 30.0. The van der Waals surface area contributed by atoms with E-state index in [1.165, 1.54) is 12.1 Å². The third kappa shape index (κ3) is 8.96. The number of ether oxygens (including phenoxy) is 1. The molecule has 9 heteroatoms. The van der Waals surface area contributed by atoms with Crippen LogP contribution in [0.2, 0.25) is 0 Å². The summed E-state index contributed by atoms with van der Waals surface area (Å²) in [6, 6.07) is 12.7. The number of benzene rings is 2. The number of hydrogen-bond acceptors (Lipinski definition) is 6. The van der Waals surface area contributed by atoms with E-state index in [1.807, 2.05) is 12.1 Å². The van der Waals surface area contributed by atoms with E-state index < -0.39 is 27.0 Å². The van der Waals surface area contributed by atoms with E-state index in [0.29, 0.717) is 5.75 Å². The largest absolute Gasteiger partial charge is 0.507 e. The molecule has 2 saturated carbocycles. The molecule has 0 saturated heterocycles. The van der Waals surface area contributed by atoms with Crippen LogP contribution in [0.3, 0.4) is 0 Å². The Kier molecular flexibility index (Phi) is 11.7. The van der Waals surface area contributed by atoms with Gasteiger partial charge >= 0.3 is 0 Å². The summed E-state index contributed by atoms with van der Waals surface area (Å²) in [4.78, 5) is 26.7. The average molecular weight is 599 g/mol. The Bertz CT molecular complexity index is 1270. The molecule has 8 nitrogen and oxygen atoms in total. The summed E-state index contributed by atoms with van der Waals surface area (Å²) in [7, 11) is -2.10. The number of phenols is 1. The lowest BCUT2D eigenvalue weighted by Gasteiger charge is -2.32. The number of hydrogen-bond donors (Lipinski definition) is 3. The molecule has 2 fully saturated rings. The van der Waals surface area contributed by atoms with Crippen molar-refractivity contribution in [1.29, 1.82) is 0 Å². The highest BCUT2D eigenvalue weighted by Crippen LogP contribution is 2.29. The third-order valence-electron chi connectivity index (χ3n) is 8.88. The second-order valence-electron chi connectivity index (χ2n) is 12.0. The maximum absolute atomic E-state index is 14.2. The van der Waals surface area contributed by atoms with Crippen molar-refractivity contribution >= 4 is 21.7 Å². The van der Waals surface area contributed by atoms with Crippen molar-refractivity contribution in [2.75, 3.05) is 19.4 Å². The molecule has 2 aromatic carbocycles. The maximum Gasteiger partial charge on any atom is 0.255 e. The van der Waals surface area contributed by atoms with E-state index in [2.05, 4.69) is 10.6 Å². The van der Waals surface area contributed by atoms with Crippen molar-refractivity contribution in [3.8, 4) is 11.5 Å². The lowest BCUT2D eigenvalue weighted by Crippen LogP contribution is -2.55. The first-order valence-electron chi connectivity index (χ1n) is 15.5. The Hall–Kier alpha value is -3.07. The summed E-state index contributed by atoms with van der Waals surface area (Å²) >= 11 is 0. The van der Waals surface area contributed by atoms with Crippen molar-refractivity contribution < 1.29 is 27.9 Å². The van der Waals surface area contributed by atoms with Gasteiger partial charge in [0.1, 0.15) is 11.5 Å². The average Bonchev–Trinajstić information content (AvgIpc) is 3.29. The number of carbonyl (C=O) groups excluding carboxylic acids is 2. The molecule has 0 bridgehead atoms. The van der Waals surface area contributed by atoms with Crippen LogP contribution in [-0.4, -0.2) is 56.0 Å². The Morgan fingerprint density at radius 2 is 1.52 bits per heavy atom. The van der Waals surface area contributed by atoms with Crippen LogP contribution in [0.15, 0.2) is 48.5 Å². The van der Waals surface area contributed by atoms with Crippen molar-refractivity contribution in [2.24, 2.45) is 11.8 Å². The van der Waals surface area contributed by atoms with E-state index >= 15 is 0 Å². The van der Waals surface area contributed by atoms with Gasteiger partial charge in [0.15, 0.2) is 9.84 Å². The minimum absolute atomic E-state index is 0.0665. The summed E-state index contributed by atoms with van der Waals surface area (Å²) in [5.41, 5.74) is 0.914. The van der Waals surface area contributed by atoms with Crippen LogP contribution in [0.4, 0.5) is 0 Å². The number of phenolic OH excluding ortho intramolecular Hbond substituents is 1. The molecule has 2 aliphatic carbocycles. The summed E-state index contributed by atoms with van der Waals surface area (Å²) in [5, 5.41) is 15.2. The van der Waals surface area contributed by atoms with Gasteiger partial charge in [-0.3, -0.25) is 9.59 Å². The molecule has 2 atom stereocenters. The fourth-order valence-corrected chi connectivity index (χ4v) is 8.75. The summed E-state index contributed by atoms with van der Waals surface area (Å²) in [6.45, 7) is -0.0731. The number of nitrogens with one attached hydrogen (secondary N) is 2. The number of carbonyl (C=O) groups is 2. The van der Waals surface area contributed by atoms with Crippen LogP contribution >= 0.6 is 0 Å². The van der Waals surface area contributed by atoms with Gasteiger partial charge in [-0.1, -0.05) is 69.2 Å². The van der Waals surface area contributed by atoms with Gasteiger partial charge < -0.3 is 20.5 Å². The summed E-state index contributed by atoms with van der Waals surface area (Å²) in [6.07, 6.45) is 10.9. The Labute approximate surface area is 250 Å². The molecule has 230 valence electrons. The summed E-state index contributed by atoms with van der Waals surface area (Å²) < 4.78 is 33.7. The van der Waals surface area contributed by atoms with E-state index in [9.17, 15) is 23.1 Å². The molecule has 4 rings (SSSR count). The van der Waals surface area contributed by atoms with Crippen LogP contribution < -0.4 is 15.4 Å². The molecule has 2 aliphatic rings. The van der Waals surface area contributed by atoms with E-state index in [0.717, 1.165) is 76.2 Å². The lowest BCUT2D eigenvalue weighted by atomic mass is 9.91. The molecule has 0 radical (unpaired) electrons. The van der Waals surface area contributed by atoms with E-state index in [-0.39, 0.29) is 47.8 Å². The lowest BCUT2D eigenvalue weighted by molar-refractivity contribution is -0.126. The van der Waals surface area contributed by atoms with Crippen LogP contribution in [0.25, 0.3) is 0 Å². The van der Waals surface area contributed by atoms with Gasteiger partial charge in [-0.2, -0.15) is 0 Å². The standard InChI is InChI=1S/C33H46N2O6S/c1-41-27-19-17-24(18-20-27)21-31(42(39,40)23-25-11-5-4-6-12-25)29(35-32(37)26-13-7-2-3-8-14-26)22-34-33(38)28-15-9-10-16-30(28)36/h9-10,15-20,25-26,29,31,36H,2-8,11-14,21-23H2,1H3,(H,34,38)(H,35,37). The van der Waals surface area contributed by atoms with Gasteiger partial charge in [-0.25, -0.2) is 8.42 Å².